The molecular weight excluding hydrogens is 350 g/mol. The first-order chi connectivity index (χ1) is 11.8. The lowest BCUT2D eigenvalue weighted by Gasteiger charge is -2.10. The SMILES string of the molecule is O=C(Oc1ccccc1C(=O)NCCS(=O)(=O)O)c1ccccc1O. The van der Waals surface area contributed by atoms with Crippen molar-refractivity contribution in [1.82, 2.24) is 5.32 Å². The molecule has 0 aliphatic carbocycles. The standard InChI is InChI=1S/C16H15NO7S/c18-13-7-3-1-5-11(13)16(20)24-14-8-4-2-6-12(14)15(19)17-9-10-25(21,22)23/h1-8,18H,9-10H2,(H,17,19)(H,21,22,23). The van der Waals surface area contributed by atoms with E-state index in [2.05, 4.69) is 5.32 Å². The number of para-hydroxylation sites is 2. The highest BCUT2D eigenvalue weighted by atomic mass is 32.2. The summed E-state index contributed by atoms with van der Waals surface area (Å²) in [7, 11) is -4.20. The van der Waals surface area contributed by atoms with Crippen molar-refractivity contribution in [3.8, 4) is 11.5 Å². The summed E-state index contributed by atoms with van der Waals surface area (Å²) in [6, 6.07) is 11.6. The zero-order chi connectivity index (χ0) is 18.4. The fourth-order valence-corrected chi connectivity index (χ4v) is 2.29. The van der Waals surface area contributed by atoms with Gasteiger partial charge in [-0.3, -0.25) is 9.35 Å². The summed E-state index contributed by atoms with van der Waals surface area (Å²) >= 11 is 0. The average Bonchev–Trinajstić information content (AvgIpc) is 2.54. The fraction of sp³-hybridized carbons (Fsp3) is 0.125. The van der Waals surface area contributed by atoms with E-state index in [1.165, 1.54) is 30.3 Å². The molecule has 0 aromatic heterocycles. The van der Waals surface area contributed by atoms with Crippen molar-refractivity contribution in [3.63, 3.8) is 0 Å². The van der Waals surface area contributed by atoms with E-state index in [0.29, 0.717) is 0 Å². The van der Waals surface area contributed by atoms with Crippen LogP contribution in [-0.4, -0.2) is 42.3 Å². The van der Waals surface area contributed by atoms with E-state index < -0.39 is 27.7 Å². The van der Waals surface area contributed by atoms with Crippen LogP contribution < -0.4 is 10.1 Å². The van der Waals surface area contributed by atoms with Gasteiger partial charge in [0.1, 0.15) is 17.1 Å². The molecule has 0 unspecified atom stereocenters. The van der Waals surface area contributed by atoms with E-state index in [1.54, 1.807) is 18.2 Å². The van der Waals surface area contributed by atoms with Crippen LogP contribution in [0.1, 0.15) is 20.7 Å². The molecule has 132 valence electrons. The number of carbonyl (C=O) groups is 2. The first kappa shape index (κ1) is 18.4. The summed E-state index contributed by atoms with van der Waals surface area (Å²) in [5.74, 6) is -2.48. The van der Waals surface area contributed by atoms with Gasteiger partial charge in [0, 0.05) is 6.54 Å². The molecule has 0 radical (unpaired) electrons. The predicted molar refractivity (Wildman–Crippen MR) is 88.3 cm³/mol. The van der Waals surface area contributed by atoms with Crippen LogP contribution in [0.15, 0.2) is 48.5 Å². The molecule has 2 aromatic carbocycles. The lowest BCUT2D eigenvalue weighted by Crippen LogP contribution is -2.29. The molecule has 9 heteroatoms. The number of phenolic OH excluding ortho intramolecular Hbond substituents is 1. The first-order valence-electron chi connectivity index (χ1n) is 7.10. The van der Waals surface area contributed by atoms with Crippen LogP contribution in [0.3, 0.4) is 0 Å². The molecule has 2 rings (SSSR count). The number of hydrogen-bond acceptors (Lipinski definition) is 6. The Labute approximate surface area is 143 Å². The zero-order valence-electron chi connectivity index (χ0n) is 12.9. The third-order valence-corrected chi connectivity index (χ3v) is 3.82. The second-order valence-electron chi connectivity index (χ2n) is 4.94. The summed E-state index contributed by atoms with van der Waals surface area (Å²) in [5.41, 5.74) is -0.0642. The van der Waals surface area contributed by atoms with Gasteiger partial charge in [0.25, 0.3) is 16.0 Å². The molecule has 3 N–H and O–H groups in total. The Morgan fingerprint density at radius 1 is 1.00 bits per heavy atom. The van der Waals surface area contributed by atoms with Crippen LogP contribution in [0.25, 0.3) is 0 Å². The van der Waals surface area contributed by atoms with Crippen LogP contribution in [0, 0.1) is 0 Å². The van der Waals surface area contributed by atoms with Crippen molar-refractivity contribution < 1.29 is 32.4 Å². The van der Waals surface area contributed by atoms with E-state index in [0.717, 1.165) is 0 Å². The maximum Gasteiger partial charge on any atom is 0.347 e. The molecule has 0 spiro atoms. The van der Waals surface area contributed by atoms with Gasteiger partial charge in [0.05, 0.1) is 11.3 Å². The first-order valence-corrected chi connectivity index (χ1v) is 8.71. The summed E-state index contributed by atoms with van der Waals surface area (Å²) in [6.07, 6.45) is 0. The molecule has 0 aliphatic rings. The van der Waals surface area contributed by atoms with Gasteiger partial charge in [-0.25, -0.2) is 4.79 Å². The van der Waals surface area contributed by atoms with Crippen LogP contribution in [0.5, 0.6) is 11.5 Å². The molecule has 25 heavy (non-hydrogen) atoms. The summed E-state index contributed by atoms with van der Waals surface area (Å²) in [5, 5.41) is 12.0. The summed E-state index contributed by atoms with van der Waals surface area (Å²) < 4.78 is 35.1. The van der Waals surface area contributed by atoms with E-state index in [4.69, 9.17) is 9.29 Å². The van der Waals surface area contributed by atoms with E-state index >= 15 is 0 Å². The molecule has 1 amide bonds. The van der Waals surface area contributed by atoms with Gasteiger partial charge in [-0.1, -0.05) is 24.3 Å². The molecule has 0 aliphatic heterocycles. The number of nitrogens with one attached hydrogen (secondary N) is 1. The quantitative estimate of drug-likeness (QED) is 0.399. The van der Waals surface area contributed by atoms with Crippen molar-refractivity contribution in [2.75, 3.05) is 12.3 Å². The van der Waals surface area contributed by atoms with Gasteiger partial charge in [-0.05, 0) is 24.3 Å². The molecule has 8 nitrogen and oxygen atoms in total. The number of amides is 1. The number of ether oxygens (including phenoxy) is 1. The molecular formula is C16H15NO7S. The second kappa shape index (κ2) is 7.77. The Morgan fingerprint density at radius 2 is 1.60 bits per heavy atom. The van der Waals surface area contributed by atoms with Crippen molar-refractivity contribution in [2.45, 2.75) is 0 Å². The van der Waals surface area contributed by atoms with Gasteiger partial charge in [-0.2, -0.15) is 8.42 Å². The predicted octanol–water partition coefficient (Wildman–Crippen LogP) is 1.23. The highest BCUT2D eigenvalue weighted by Crippen LogP contribution is 2.22. The topological polar surface area (TPSA) is 130 Å². The molecule has 0 saturated heterocycles. The monoisotopic (exact) mass is 365 g/mol. The number of rotatable bonds is 6. The Kier molecular flexibility index (Phi) is 5.73. The number of aromatic hydroxyl groups is 1. The van der Waals surface area contributed by atoms with Crippen molar-refractivity contribution >= 4 is 22.0 Å². The number of benzene rings is 2. The molecule has 0 fully saturated rings. The molecule has 0 heterocycles. The van der Waals surface area contributed by atoms with Gasteiger partial charge in [0.15, 0.2) is 0 Å². The normalized spacial score (nSPS) is 10.9. The average molecular weight is 365 g/mol. The minimum atomic E-state index is -4.20. The van der Waals surface area contributed by atoms with Crippen molar-refractivity contribution in [1.29, 1.82) is 0 Å². The Bertz CT molecular complexity index is 893. The highest BCUT2D eigenvalue weighted by molar-refractivity contribution is 7.85. The second-order valence-corrected chi connectivity index (χ2v) is 6.52. The number of hydrogen-bond donors (Lipinski definition) is 3. The third-order valence-electron chi connectivity index (χ3n) is 3.10. The van der Waals surface area contributed by atoms with E-state index in [1.807, 2.05) is 0 Å². The molecule has 2 aromatic rings. The number of carbonyl (C=O) groups excluding carboxylic acids is 2. The Balaban J connectivity index is 2.14. The van der Waals surface area contributed by atoms with Gasteiger partial charge in [0.2, 0.25) is 0 Å². The maximum absolute atomic E-state index is 12.1. The van der Waals surface area contributed by atoms with Gasteiger partial charge >= 0.3 is 5.97 Å². The lowest BCUT2D eigenvalue weighted by molar-refractivity contribution is 0.0729. The van der Waals surface area contributed by atoms with Crippen LogP contribution in [0.4, 0.5) is 0 Å². The fourth-order valence-electron chi connectivity index (χ4n) is 1.93. The molecule has 0 saturated carbocycles. The third kappa shape index (κ3) is 5.30. The van der Waals surface area contributed by atoms with Gasteiger partial charge < -0.3 is 15.2 Å². The van der Waals surface area contributed by atoms with E-state index in [9.17, 15) is 23.1 Å². The highest BCUT2D eigenvalue weighted by Gasteiger charge is 2.18. The maximum atomic E-state index is 12.1. The van der Waals surface area contributed by atoms with Gasteiger partial charge in [-0.15, -0.1) is 0 Å². The lowest BCUT2D eigenvalue weighted by atomic mass is 10.1. The number of phenols is 1. The Hall–Kier alpha value is -2.91. The Morgan fingerprint density at radius 3 is 2.24 bits per heavy atom. The number of esters is 1. The zero-order valence-corrected chi connectivity index (χ0v) is 13.7. The van der Waals surface area contributed by atoms with Crippen LogP contribution >= 0.6 is 0 Å². The largest absolute Gasteiger partial charge is 0.507 e. The van der Waals surface area contributed by atoms with E-state index in [-0.39, 0.29) is 29.2 Å². The molecule has 0 atom stereocenters. The minimum Gasteiger partial charge on any atom is -0.507 e. The smallest absolute Gasteiger partial charge is 0.347 e. The summed E-state index contributed by atoms with van der Waals surface area (Å²) in [4.78, 5) is 24.2. The summed E-state index contributed by atoms with van der Waals surface area (Å²) in [6.45, 7) is -0.306. The molecule has 0 bridgehead atoms. The van der Waals surface area contributed by atoms with Crippen LogP contribution in [0.2, 0.25) is 0 Å². The van der Waals surface area contributed by atoms with Crippen molar-refractivity contribution in [3.05, 3.63) is 59.7 Å². The van der Waals surface area contributed by atoms with Crippen molar-refractivity contribution in [2.24, 2.45) is 0 Å². The van der Waals surface area contributed by atoms with Crippen LogP contribution in [-0.2, 0) is 10.1 Å². The minimum absolute atomic E-state index is 0.00149.